The highest BCUT2D eigenvalue weighted by Gasteiger charge is 2.22. The molecule has 0 aromatic heterocycles. The molecule has 11 heteroatoms. The summed E-state index contributed by atoms with van der Waals surface area (Å²) in [5.74, 6) is -0.638. The Balaban J connectivity index is 1.95. The molecule has 3 aromatic rings. The van der Waals surface area contributed by atoms with E-state index in [1.807, 2.05) is 6.07 Å². The van der Waals surface area contributed by atoms with Gasteiger partial charge < -0.3 is 14.8 Å². The standard InChI is InChI=1S/C23H16N4O7/c1-33-21-9-7-15(11-16(14-24)23(28)25-17-5-3-2-4-6-17)12-22(21)34-20-10-8-18(26(29)30)13-19(20)27(31)32/h2-13H,1H3,(H,25,28)/b16-11+. The van der Waals surface area contributed by atoms with Crippen molar-refractivity contribution in [3.05, 3.63) is 98.1 Å². The molecule has 0 saturated heterocycles. The van der Waals surface area contributed by atoms with E-state index < -0.39 is 27.1 Å². The van der Waals surface area contributed by atoms with Crippen LogP contribution in [-0.4, -0.2) is 22.9 Å². The molecule has 1 amide bonds. The van der Waals surface area contributed by atoms with Gasteiger partial charge in [-0.1, -0.05) is 24.3 Å². The lowest BCUT2D eigenvalue weighted by atomic mass is 10.1. The number of ether oxygens (including phenoxy) is 2. The zero-order chi connectivity index (χ0) is 24.7. The Kier molecular flexibility index (Phi) is 7.15. The fourth-order valence-corrected chi connectivity index (χ4v) is 2.86. The van der Waals surface area contributed by atoms with Gasteiger partial charge in [0.15, 0.2) is 11.5 Å². The van der Waals surface area contributed by atoms with Crippen molar-refractivity contribution < 1.29 is 24.1 Å². The minimum Gasteiger partial charge on any atom is -0.493 e. The quantitative estimate of drug-likeness (QED) is 0.216. The fraction of sp³-hybridized carbons (Fsp3) is 0.0435. The van der Waals surface area contributed by atoms with E-state index in [0.717, 1.165) is 18.2 Å². The first-order chi connectivity index (χ1) is 16.3. The Labute approximate surface area is 192 Å². The van der Waals surface area contributed by atoms with E-state index in [2.05, 4.69) is 5.32 Å². The Morgan fingerprint density at radius 1 is 0.971 bits per heavy atom. The molecule has 34 heavy (non-hydrogen) atoms. The van der Waals surface area contributed by atoms with Gasteiger partial charge in [0, 0.05) is 11.8 Å². The molecule has 3 rings (SSSR count). The fourth-order valence-electron chi connectivity index (χ4n) is 2.86. The van der Waals surface area contributed by atoms with E-state index in [4.69, 9.17) is 9.47 Å². The molecule has 0 heterocycles. The molecule has 0 aliphatic rings. The van der Waals surface area contributed by atoms with Gasteiger partial charge in [0.05, 0.1) is 23.0 Å². The van der Waals surface area contributed by atoms with Crippen LogP contribution in [-0.2, 0) is 4.79 Å². The number of hydrogen-bond donors (Lipinski definition) is 1. The second-order valence-corrected chi connectivity index (χ2v) is 6.67. The normalized spacial score (nSPS) is 10.6. The van der Waals surface area contributed by atoms with Crippen molar-refractivity contribution in [2.45, 2.75) is 0 Å². The van der Waals surface area contributed by atoms with Crippen LogP contribution in [0.5, 0.6) is 17.2 Å². The average Bonchev–Trinajstić information content (AvgIpc) is 2.83. The van der Waals surface area contributed by atoms with Gasteiger partial charge in [0.1, 0.15) is 11.6 Å². The molecule has 11 nitrogen and oxygen atoms in total. The van der Waals surface area contributed by atoms with E-state index in [1.54, 1.807) is 36.4 Å². The number of para-hydroxylation sites is 1. The van der Waals surface area contributed by atoms with Gasteiger partial charge in [-0.25, -0.2) is 0 Å². The van der Waals surface area contributed by atoms with Crippen LogP contribution in [0.2, 0.25) is 0 Å². The highest BCUT2D eigenvalue weighted by atomic mass is 16.6. The van der Waals surface area contributed by atoms with E-state index >= 15 is 0 Å². The van der Waals surface area contributed by atoms with Gasteiger partial charge in [-0.3, -0.25) is 25.0 Å². The number of nitrogens with one attached hydrogen (secondary N) is 1. The first kappa shape index (κ1) is 23.4. The SMILES string of the molecule is COc1ccc(/C=C(\C#N)C(=O)Nc2ccccc2)cc1Oc1ccc([N+](=O)[O-])cc1[N+](=O)[O-]. The van der Waals surface area contributed by atoms with Crippen molar-refractivity contribution in [2.75, 3.05) is 12.4 Å². The average molecular weight is 460 g/mol. The number of anilines is 1. The van der Waals surface area contributed by atoms with Crippen molar-refractivity contribution in [3.63, 3.8) is 0 Å². The third-order valence-electron chi connectivity index (χ3n) is 4.47. The molecule has 0 atom stereocenters. The molecule has 0 fully saturated rings. The van der Waals surface area contributed by atoms with Crippen LogP contribution in [0, 0.1) is 31.6 Å². The van der Waals surface area contributed by atoms with E-state index in [1.165, 1.54) is 25.3 Å². The van der Waals surface area contributed by atoms with Crippen molar-refractivity contribution >= 4 is 29.0 Å². The van der Waals surface area contributed by atoms with Crippen molar-refractivity contribution in [2.24, 2.45) is 0 Å². The number of carbonyl (C=O) groups is 1. The predicted octanol–water partition coefficient (Wildman–Crippen LogP) is 4.85. The highest BCUT2D eigenvalue weighted by Crippen LogP contribution is 2.38. The number of rotatable bonds is 8. The van der Waals surface area contributed by atoms with Crippen LogP contribution in [0.15, 0.2) is 72.3 Å². The lowest BCUT2D eigenvalue weighted by Crippen LogP contribution is -2.13. The number of nitrogens with zero attached hydrogens (tertiary/aromatic N) is 3. The van der Waals surface area contributed by atoms with E-state index in [9.17, 15) is 30.3 Å². The van der Waals surface area contributed by atoms with Gasteiger partial charge in [-0.15, -0.1) is 0 Å². The summed E-state index contributed by atoms with van der Waals surface area (Å²) in [6, 6.07) is 17.8. The monoisotopic (exact) mass is 460 g/mol. The van der Waals surface area contributed by atoms with Gasteiger partial charge in [-0.05, 0) is 42.0 Å². The first-order valence-electron chi connectivity index (χ1n) is 9.59. The molecule has 0 unspecified atom stereocenters. The molecule has 0 bridgehead atoms. The maximum Gasteiger partial charge on any atom is 0.318 e. The second kappa shape index (κ2) is 10.4. The summed E-state index contributed by atoms with van der Waals surface area (Å²) in [6.45, 7) is 0. The van der Waals surface area contributed by atoms with Crippen LogP contribution >= 0.6 is 0 Å². The van der Waals surface area contributed by atoms with Gasteiger partial charge in [-0.2, -0.15) is 5.26 Å². The van der Waals surface area contributed by atoms with Crippen molar-refractivity contribution in [1.29, 1.82) is 5.26 Å². The molecular weight excluding hydrogens is 444 g/mol. The number of nitro benzene ring substituents is 2. The minimum absolute atomic E-state index is 0.0361. The summed E-state index contributed by atoms with van der Waals surface area (Å²) in [4.78, 5) is 33.3. The largest absolute Gasteiger partial charge is 0.493 e. The number of benzene rings is 3. The number of methoxy groups -OCH3 is 1. The minimum atomic E-state index is -0.805. The molecule has 170 valence electrons. The van der Waals surface area contributed by atoms with Gasteiger partial charge in [0.25, 0.3) is 11.6 Å². The topological polar surface area (TPSA) is 158 Å². The zero-order valence-corrected chi connectivity index (χ0v) is 17.6. The molecule has 0 aliphatic carbocycles. The Bertz CT molecular complexity index is 1330. The number of nitriles is 1. The van der Waals surface area contributed by atoms with Gasteiger partial charge in [0.2, 0.25) is 5.75 Å². The van der Waals surface area contributed by atoms with Gasteiger partial charge >= 0.3 is 5.69 Å². The lowest BCUT2D eigenvalue weighted by Gasteiger charge is -2.11. The summed E-state index contributed by atoms with van der Waals surface area (Å²) in [6.07, 6.45) is 1.31. The van der Waals surface area contributed by atoms with Crippen LogP contribution in [0.1, 0.15) is 5.56 Å². The molecule has 0 saturated carbocycles. The number of non-ortho nitro benzene ring substituents is 1. The molecule has 0 spiro atoms. The second-order valence-electron chi connectivity index (χ2n) is 6.67. The summed E-state index contributed by atoms with van der Waals surface area (Å²) in [5.41, 5.74) is -0.387. The maximum atomic E-state index is 12.5. The lowest BCUT2D eigenvalue weighted by molar-refractivity contribution is -0.394. The summed E-state index contributed by atoms with van der Waals surface area (Å²) < 4.78 is 10.9. The van der Waals surface area contributed by atoms with Crippen molar-refractivity contribution in [1.82, 2.24) is 0 Å². The van der Waals surface area contributed by atoms with Crippen LogP contribution in [0.3, 0.4) is 0 Å². The molecule has 0 aliphatic heterocycles. The summed E-state index contributed by atoms with van der Waals surface area (Å²) in [7, 11) is 1.36. The zero-order valence-electron chi connectivity index (χ0n) is 17.6. The smallest absolute Gasteiger partial charge is 0.318 e. The maximum absolute atomic E-state index is 12.5. The van der Waals surface area contributed by atoms with E-state index in [0.29, 0.717) is 11.3 Å². The Morgan fingerprint density at radius 3 is 2.29 bits per heavy atom. The number of nitro groups is 2. The molecular formula is C23H16N4O7. The van der Waals surface area contributed by atoms with Crippen LogP contribution < -0.4 is 14.8 Å². The number of carbonyl (C=O) groups excluding carboxylic acids is 1. The first-order valence-corrected chi connectivity index (χ1v) is 9.59. The number of amides is 1. The summed E-state index contributed by atoms with van der Waals surface area (Å²) >= 11 is 0. The molecule has 1 N–H and O–H groups in total. The molecule has 3 aromatic carbocycles. The third-order valence-corrected chi connectivity index (χ3v) is 4.47. The van der Waals surface area contributed by atoms with Crippen LogP contribution in [0.4, 0.5) is 17.1 Å². The summed E-state index contributed by atoms with van der Waals surface area (Å²) in [5, 5.41) is 34.4. The Morgan fingerprint density at radius 2 is 1.68 bits per heavy atom. The predicted molar refractivity (Wildman–Crippen MR) is 121 cm³/mol. The van der Waals surface area contributed by atoms with E-state index in [-0.39, 0.29) is 22.8 Å². The Hall–Kier alpha value is -5.24. The molecule has 0 radical (unpaired) electrons. The van der Waals surface area contributed by atoms with Crippen LogP contribution in [0.25, 0.3) is 6.08 Å². The number of hydrogen-bond acceptors (Lipinski definition) is 8. The third kappa shape index (κ3) is 5.51. The highest BCUT2D eigenvalue weighted by molar-refractivity contribution is 6.09. The van der Waals surface area contributed by atoms with Crippen molar-refractivity contribution in [3.8, 4) is 23.3 Å².